The number of aromatic nitrogens is 1. The van der Waals surface area contributed by atoms with Gasteiger partial charge >= 0.3 is 0 Å². The highest BCUT2D eigenvalue weighted by Gasteiger charge is 2.35. The molecule has 4 rings (SSSR count). The van der Waals surface area contributed by atoms with Crippen molar-refractivity contribution < 1.29 is 18.0 Å². The molecule has 35 heavy (non-hydrogen) atoms. The first-order valence-electron chi connectivity index (χ1n) is 12.0. The van der Waals surface area contributed by atoms with Gasteiger partial charge in [0, 0.05) is 36.3 Å². The third kappa shape index (κ3) is 7.02. The summed E-state index contributed by atoms with van der Waals surface area (Å²) in [5, 5.41) is 5.69. The van der Waals surface area contributed by atoms with Crippen LogP contribution >= 0.6 is 0 Å². The van der Waals surface area contributed by atoms with Crippen molar-refractivity contribution in [3.05, 3.63) is 59.4 Å². The molecule has 9 nitrogen and oxygen atoms in total. The highest BCUT2D eigenvalue weighted by atomic mass is 32.2. The smallest absolute Gasteiger partial charge is 0.251 e. The molecular weight excluding hydrogens is 466 g/mol. The minimum Gasteiger partial charge on any atom is -0.349 e. The molecule has 1 saturated heterocycles. The van der Waals surface area contributed by atoms with Gasteiger partial charge in [-0.2, -0.15) is 0 Å². The van der Waals surface area contributed by atoms with Crippen LogP contribution in [0.4, 0.5) is 5.69 Å². The number of likely N-dealkylation sites (tertiary alicyclic amines) is 1. The molecule has 1 saturated carbocycles. The van der Waals surface area contributed by atoms with E-state index in [-0.39, 0.29) is 24.4 Å². The van der Waals surface area contributed by atoms with Crippen LogP contribution in [0.2, 0.25) is 0 Å². The molecule has 2 amide bonds. The van der Waals surface area contributed by atoms with Crippen molar-refractivity contribution in [3.8, 4) is 0 Å². The van der Waals surface area contributed by atoms with Gasteiger partial charge in [0.1, 0.15) is 0 Å². The quantitative estimate of drug-likeness (QED) is 0.511. The van der Waals surface area contributed by atoms with Crippen molar-refractivity contribution in [2.24, 2.45) is 0 Å². The summed E-state index contributed by atoms with van der Waals surface area (Å²) in [6.07, 6.45) is 6.92. The fourth-order valence-electron chi connectivity index (χ4n) is 4.89. The van der Waals surface area contributed by atoms with Crippen LogP contribution in [0.1, 0.15) is 53.2 Å². The largest absolute Gasteiger partial charge is 0.349 e. The highest BCUT2D eigenvalue weighted by molar-refractivity contribution is 7.92. The van der Waals surface area contributed by atoms with E-state index >= 15 is 0 Å². The second-order valence-corrected chi connectivity index (χ2v) is 11.4. The number of pyridine rings is 1. The van der Waals surface area contributed by atoms with Gasteiger partial charge in [0.2, 0.25) is 15.9 Å². The zero-order valence-corrected chi connectivity index (χ0v) is 21.0. The molecule has 1 aliphatic heterocycles. The minimum absolute atomic E-state index is 0.0279. The number of carbonyl (C=O) groups excluding carboxylic acids is 2. The average molecular weight is 500 g/mol. The van der Waals surface area contributed by atoms with Gasteiger partial charge in [0.25, 0.3) is 5.91 Å². The molecule has 10 heteroatoms. The fraction of sp³-hybridized carbons (Fsp3) is 0.480. The Morgan fingerprint density at radius 2 is 1.83 bits per heavy atom. The number of benzene rings is 1. The summed E-state index contributed by atoms with van der Waals surface area (Å²) < 4.78 is 25.1. The van der Waals surface area contributed by atoms with Crippen LogP contribution in [0.3, 0.4) is 0 Å². The monoisotopic (exact) mass is 499 g/mol. The summed E-state index contributed by atoms with van der Waals surface area (Å²) in [4.78, 5) is 31.3. The summed E-state index contributed by atoms with van der Waals surface area (Å²) in [5.74, 6) is -0.0294. The van der Waals surface area contributed by atoms with Crippen molar-refractivity contribution in [1.29, 1.82) is 0 Å². The van der Waals surface area contributed by atoms with E-state index in [4.69, 9.17) is 0 Å². The lowest BCUT2D eigenvalue weighted by molar-refractivity contribution is -0.122. The van der Waals surface area contributed by atoms with Crippen molar-refractivity contribution in [2.45, 2.75) is 50.6 Å². The predicted octanol–water partition coefficient (Wildman–Crippen LogP) is 2.02. The molecule has 0 spiro atoms. The van der Waals surface area contributed by atoms with Gasteiger partial charge in [-0.3, -0.25) is 24.2 Å². The molecule has 3 N–H and O–H groups in total. The first kappa shape index (κ1) is 25.1. The SMILES string of the molecule is Cc1cccc(C(=O)NCC(=O)NC2CN(C3CCC(c4ccc(NS(C)(=O)=O)cn4)CC3)C2)c1. The zero-order valence-electron chi connectivity index (χ0n) is 20.2. The highest BCUT2D eigenvalue weighted by Crippen LogP contribution is 2.35. The van der Waals surface area contributed by atoms with E-state index in [0.29, 0.717) is 23.2 Å². The van der Waals surface area contributed by atoms with Crippen LogP contribution in [-0.4, -0.2) is 68.1 Å². The fourth-order valence-corrected chi connectivity index (χ4v) is 5.44. The molecule has 2 fully saturated rings. The van der Waals surface area contributed by atoms with E-state index in [0.717, 1.165) is 56.3 Å². The lowest BCUT2D eigenvalue weighted by Crippen LogP contribution is -2.63. The number of rotatable bonds is 8. The van der Waals surface area contributed by atoms with Gasteiger partial charge in [-0.1, -0.05) is 17.7 Å². The second-order valence-electron chi connectivity index (χ2n) is 9.62. The van der Waals surface area contributed by atoms with E-state index in [1.807, 2.05) is 25.1 Å². The Bertz CT molecular complexity index is 1150. The maximum Gasteiger partial charge on any atom is 0.251 e. The molecule has 188 valence electrons. The molecule has 2 heterocycles. The Balaban J connectivity index is 1.15. The Morgan fingerprint density at radius 1 is 1.09 bits per heavy atom. The van der Waals surface area contributed by atoms with Crippen LogP contribution in [0.15, 0.2) is 42.6 Å². The van der Waals surface area contributed by atoms with Gasteiger partial charge in [0.15, 0.2) is 0 Å². The van der Waals surface area contributed by atoms with Crippen LogP contribution in [0.25, 0.3) is 0 Å². The van der Waals surface area contributed by atoms with E-state index < -0.39 is 10.0 Å². The molecule has 0 atom stereocenters. The number of sulfonamides is 1. The lowest BCUT2D eigenvalue weighted by Gasteiger charge is -2.46. The van der Waals surface area contributed by atoms with E-state index in [2.05, 4.69) is 25.2 Å². The van der Waals surface area contributed by atoms with Crippen LogP contribution in [-0.2, 0) is 14.8 Å². The predicted molar refractivity (Wildman–Crippen MR) is 135 cm³/mol. The number of hydrogen-bond donors (Lipinski definition) is 3. The number of hydrogen-bond acceptors (Lipinski definition) is 6. The second kappa shape index (κ2) is 10.7. The normalized spacial score (nSPS) is 21.1. The molecule has 0 bridgehead atoms. The topological polar surface area (TPSA) is 120 Å². The molecule has 2 aromatic rings. The third-order valence-electron chi connectivity index (χ3n) is 6.69. The van der Waals surface area contributed by atoms with Gasteiger partial charge in [0.05, 0.1) is 30.7 Å². The maximum atomic E-state index is 12.2. The number of aryl methyl sites for hydroxylation is 1. The van der Waals surface area contributed by atoms with Crippen molar-refractivity contribution in [2.75, 3.05) is 30.6 Å². The van der Waals surface area contributed by atoms with E-state index in [1.54, 1.807) is 24.4 Å². The molecule has 1 aromatic heterocycles. The number of anilines is 1. The van der Waals surface area contributed by atoms with Crippen LogP contribution < -0.4 is 15.4 Å². The molecule has 0 unspecified atom stereocenters. The minimum atomic E-state index is -3.30. The van der Waals surface area contributed by atoms with Gasteiger partial charge < -0.3 is 10.6 Å². The third-order valence-corrected chi connectivity index (χ3v) is 7.29. The standard InChI is InChI=1S/C25H33N5O4S/c1-17-4-3-5-19(12-17)25(32)27-14-24(31)28-21-15-30(16-21)22-9-6-18(7-10-22)23-11-8-20(13-26-23)29-35(2,33)34/h3-5,8,11-13,18,21-22,29H,6-7,9-10,14-16H2,1-2H3,(H,27,32)(H,28,31). The number of carbonyl (C=O) groups is 2. The van der Waals surface area contributed by atoms with E-state index in [1.165, 1.54) is 0 Å². The average Bonchev–Trinajstić information content (AvgIpc) is 2.79. The van der Waals surface area contributed by atoms with Gasteiger partial charge in [-0.15, -0.1) is 0 Å². The molecular formula is C25H33N5O4S. The molecule has 2 aliphatic rings. The van der Waals surface area contributed by atoms with Gasteiger partial charge in [-0.05, 0) is 56.9 Å². The number of nitrogens with one attached hydrogen (secondary N) is 3. The van der Waals surface area contributed by atoms with Crippen molar-refractivity contribution in [1.82, 2.24) is 20.5 Å². The van der Waals surface area contributed by atoms with Crippen LogP contribution in [0.5, 0.6) is 0 Å². The Morgan fingerprint density at radius 3 is 2.46 bits per heavy atom. The van der Waals surface area contributed by atoms with Gasteiger partial charge in [-0.25, -0.2) is 8.42 Å². The van der Waals surface area contributed by atoms with Crippen LogP contribution in [0, 0.1) is 6.92 Å². The summed E-state index contributed by atoms with van der Waals surface area (Å²) >= 11 is 0. The number of amides is 2. The van der Waals surface area contributed by atoms with E-state index in [9.17, 15) is 18.0 Å². The summed E-state index contributed by atoms with van der Waals surface area (Å²) in [5.41, 5.74) is 3.04. The zero-order chi connectivity index (χ0) is 25.0. The molecule has 0 radical (unpaired) electrons. The van der Waals surface area contributed by atoms with Crippen molar-refractivity contribution in [3.63, 3.8) is 0 Å². The summed E-state index contributed by atoms with van der Waals surface area (Å²) in [7, 11) is -3.30. The summed E-state index contributed by atoms with van der Waals surface area (Å²) in [6.45, 7) is 3.56. The Labute approximate surface area is 206 Å². The molecule has 1 aliphatic carbocycles. The first-order chi connectivity index (χ1) is 16.7. The lowest BCUT2D eigenvalue weighted by atomic mass is 9.82. The summed E-state index contributed by atoms with van der Waals surface area (Å²) in [6, 6.07) is 11.6. The number of nitrogens with zero attached hydrogens (tertiary/aromatic N) is 2. The maximum absolute atomic E-state index is 12.2. The Hall–Kier alpha value is -2.98. The Kier molecular flexibility index (Phi) is 7.71. The first-order valence-corrected chi connectivity index (χ1v) is 13.9. The molecule has 1 aromatic carbocycles. The van der Waals surface area contributed by atoms with Crippen molar-refractivity contribution >= 4 is 27.5 Å².